The lowest BCUT2D eigenvalue weighted by atomic mass is 9.70. The minimum Gasteiger partial charge on any atom is -0.468 e. The highest BCUT2D eigenvalue weighted by Gasteiger charge is 2.69. The fraction of sp³-hybridized carbons (Fsp3) is 0.857. The molecule has 0 radical (unpaired) electrons. The molecule has 0 N–H and O–H groups in total. The van der Waals surface area contributed by atoms with E-state index in [0.717, 1.165) is 12.0 Å². The summed E-state index contributed by atoms with van der Waals surface area (Å²) in [5.74, 6) is -5.63. The zero-order valence-electron chi connectivity index (χ0n) is 13.2. The second-order valence-corrected chi connectivity index (χ2v) is 6.77. The Morgan fingerprint density at radius 2 is 1.95 bits per heavy atom. The molecule has 22 heavy (non-hydrogen) atoms. The van der Waals surface area contributed by atoms with E-state index in [9.17, 15) is 18.4 Å². The highest BCUT2D eigenvalue weighted by atomic mass is 19.3. The van der Waals surface area contributed by atoms with Crippen molar-refractivity contribution in [2.24, 2.45) is 11.3 Å². The van der Waals surface area contributed by atoms with Crippen LogP contribution in [0.3, 0.4) is 0 Å². The standard InChI is InChI=1S/C14H21F2NO5/c1-12(2,3)22-11(19)17-5-9-6-21-8-13(7-17,10(18)20-4)14(9,15)16/h9H,5-8H2,1-4H3. The molecule has 1 amide bonds. The number of halogens is 2. The third-order valence-electron chi connectivity index (χ3n) is 3.95. The molecule has 2 bridgehead atoms. The van der Waals surface area contributed by atoms with Gasteiger partial charge in [-0.05, 0) is 20.8 Å². The third kappa shape index (κ3) is 2.64. The Morgan fingerprint density at radius 1 is 1.32 bits per heavy atom. The largest absolute Gasteiger partial charge is 0.468 e. The van der Waals surface area contributed by atoms with Gasteiger partial charge in [-0.1, -0.05) is 0 Å². The number of rotatable bonds is 1. The molecule has 2 atom stereocenters. The van der Waals surface area contributed by atoms with Crippen LogP contribution >= 0.6 is 0 Å². The summed E-state index contributed by atoms with van der Waals surface area (Å²) in [4.78, 5) is 25.3. The number of hydrogen-bond donors (Lipinski definition) is 0. The molecule has 2 aliphatic heterocycles. The monoisotopic (exact) mass is 321 g/mol. The lowest BCUT2D eigenvalue weighted by Crippen LogP contribution is -2.70. The predicted octanol–water partition coefficient (Wildman–Crippen LogP) is 1.68. The molecular formula is C14H21F2NO5. The molecule has 0 aromatic heterocycles. The van der Waals surface area contributed by atoms with Crippen LogP contribution in [0.25, 0.3) is 0 Å². The van der Waals surface area contributed by atoms with E-state index in [-0.39, 0.29) is 13.2 Å². The van der Waals surface area contributed by atoms with Crippen LogP contribution in [0.2, 0.25) is 0 Å². The molecule has 2 saturated heterocycles. The van der Waals surface area contributed by atoms with Crippen molar-refractivity contribution < 1.29 is 32.6 Å². The van der Waals surface area contributed by atoms with Crippen LogP contribution in [0.5, 0.6) is 0 Å². The van der Waals surface area contributed by atoms with Crippen molar-refractivity contribution in [2.75, 3.05) is 33.4 Å². The van der Waals surface area contributed by atoms with E-state index in [2.05, 4.69) is 4.74 Å². The van der Waals surface area contributed by atoms with Gasteiger partial charge in [0, 0.05) is 13.1 Å². The van der Waals surface area contributed by atoms with Gasteiger partial charge in [-0.15, -0.1) is 0 Å². The molecule has 2 aliphatic rings. The summed E-state index contributed by atoms with van der Waals surface area (Å²) in [6.07, 6.45) is -0.719. The van der Waals surface area contributed by atoms with Crippen LogP contribution in [0.1, 0.15) is 20.8 Å². The minimum absolute atomic E-state index is 0.217. The first-order chi connectivity index (χ1) is 10.0. The lowest BCUT2D eigenvalue weighted by molar-refractivity contribution is -0.265. The number of esters is 1. The maximum Gasteiger partial charge on any atom is 0.410 e. The van der Waals surface area contributed by atoms with Gasteiger partial charge in [0.25, 0.3) is 5.92 Å². The molecule has 0 saturated carbocycles. The quantitative estimate of drug-likeness (QED) is 0.688. The lowest BCUT2D eigenvalue weighted by Gasteiger charge is -2.52. The Hall–Kier alpha value is -1.44. The number of likely N-dealkylation sites (tertiary alicyclic amines) is 1. The number of carbonyl (C=O) groups excluding carboxylic acids is 2. The Labute approximate surface area is 127 Å². The molecule has 2 unspecified atom stereocenters. The second kappa shape index (κ2) is 5.33. The average Bonchev–Trinajstić information content (AvgIpc) is 2.34. The van der Waals surface area contributed by atoms with E-state index in [4.69, 9.17) is 9.47 Å². The van der Waals surface area contributed by atoms with Gasteiger partial charge in [0.1, 0.15) is 5.60 Å². The van der Waals surface area contributed by atoms with Crippen LogP contribution in [0.4, 0.5) is 13.6 Å². The molecular weight excluding hydrogens is 300 g/mol. The van der Waals surface area contributed by atoms with Crippen LogP contribution in [0, 0.1) is 11.3 Å². The maximum atomic E-state index is 14.6. The zero-order chi connectivity index (χ0) is 16.8. The van der Waals surface area contributed by atoms with Crippen molar-refractivity contribution >= 4 is 12.1 Å². The van der Waals surface area contributed by atoms with Crippen molar-refractivity contribution in [1.82, 2.24) is 4.90 Å². The molecule has 0 spiro atoms. The SMILES string of the molecule is COC(=O)C12COCC(CN(C(=O)OC(C)(C)C)C1)C2(F)F. The fourth-order valence-electron chi connectivity index (χ4n) is 2.86. The minimum atomic E-state index is -3.29. The molecule has 126 valence electrons. The fourth-order valence-corrected chi connectivity index (χ4v) is 2.86. The van der Waals surface area contributed by atoms with Crippen molar-refractivity contribution in [3.8, 4) is 0 Å². The van der Waals surface area contributed by atoms with Crippen molar-refractivity contribution in [1.29, 1.82) is 0 Å². The molecule has 8 heteroatoms. The van der Waals surface area contributed by atoms with E-state index in [1.165, 1.54) is 0 Å². The maximum absolute atomic E-state index is 14.6. The Morgan fingerprint density at radius 3 is 2.50 bits per heavy atom. The number of alkyl halides is 2. The van der Waals surface area contributed by atoms with Gasteiger partial charge in [-0.25, -0.2) is 13.6 Å². The summed E-state index contributed by atoms with van der Waals surface area (Å²) in [5.41, 5.74) is -2.93. The first kappa shape index (κ1) is 16.9. The number of amides is 1. The van der Waals surface area contributed by atoms with Crippen LogP contribution in [-0.2, 0) is 19.0 Å². The summed E-state index contributed by atoms with van der Waals surface area (Å²) in [6, 6.07) is 0. The summed E-state index contributed by atoms with van der Waals surface area (Å²) >= 11 is 0. The van der Waals surface area contributed by atoms with Crippen molar-refractivity contribution in [3.63, 3.8) is 0 Å². The molecule has 0 aromatic carbocycles. The summed E-state index contributed by atoms with van der Waals surface area (Å²) in [6.45, 7) is 3.64. The van der Waals surface area contributed by atoms with Gasteiger partial charge < -0.3 is 19.1 Å². The highest BCUT2D eigenvalue weighted by Crippen LogP contribution is 2.50. The van der Waals surface area contributed by atoms with Gasteiger partial charge >= 0.3 is 12.1 Å². The van der Waals surface area contributed by atoms with E-state index < -0.39 is 48.1 Å². The molecule has 0 aliphatic carbocycles. The molecule has 2 heterocycles. The number of piperidine rings is 1. The van der Waals surface area contributed by atoms with E-state index in [1.54, 1.807) is 20.8 Å². The molecule has 2 fully saturated rings. The van der Waals surface area contributed by atoms with Crippen LogP contribution in [-0.4, -0.2) is 61.9 Å². The van der Waals surface area contributed by atoms with Crippen molar-refractivity contribution in [2.45, 2.75) is 32.3 Å². The smallest absolute Gasteiger partial charge is 0.410 e. The van der Waals surface area contributed by atoms with E-state index in [1.807, 2.05) is 0 Å². The number of nitrogens with zero attached hydrogens (tertiary/aromatic N) is 1. The molecule has 2 rings (SSSR count). The summed E-state index contributed by atoms with van der Waals surface area (Å²) < 4.78 is 44.2. The Bertz CT molecular complexity index is 476. The molecule has 0 aromatic rings. The Kier molecular flexibility index (Phi) is 4.10. The summed E-state index contributed by atoms with van der Waals surface area (Å²) in [5, 5.41) is 0. The molecule has 6 nitrogen and oxygen atoms in total. The van der Waals surface area contributed by atoms with Gasteiger partial charge in [0.15, 0.2) is 5.41 Å². The zero-order valence-corrected chi connectivity index (χ0v) is 13.2. The first-order valence-corrected chi connectivity index (χ1v) is 7.05. The normalized spacial score (nSPS) is 30.6. The van der Waals surface area contributed by atoms with Crippen LogP contribution < -0.4 is 0 Å². The summed E-state index contributed by atoms with van der Waals surface area (Å²) in [7, 11) is 1.04. The second-order valence-electron chi connectivity index (χ2n) is 6.77. The topological polar surface area (TPSA) is 65.1 Å². The number of methoxy groups -OCH3 is 1. The van der Waals surface area contributed by atoms with Crippen molar-refractivity contribution in [3.05, 3.63) is 0 Å². The van der Waals surface area contributed by atoms with Crippen LogP contribution in [0.15, 0.2) is 0 Å². The van der Waals surface area contributed by atoms with Gasteiger partial charge in [0.2, 0.25) is 0 Å². The number of hydrogen-bond acceptors (Lipinski definition) is 5. The third-order valence-corrected chi connectivity index (χ3v) is 3.95. The van der Waals surface area contributed by atoms with Gasteiger partial charge in [-0.2, -0.15) is 0 Å². The highest BCUT2D eigenvalue weighted by molar-refractivity contribution is 5.80. The number of ether oxygens (including phenoxy) is 3. The van der Waals surface area contributed by atoms with E-state index in [0.29, 0.717) is 0 Å². The predicted molar refractivity (Wildman–Crippen MR) is 71.5 cm³/mol. The number of carbonyl (C=O) groups is 2. The van der Waals surface area contributed by atoms with Gasteiger partial charge in [-0.3, -0.25) is 4.79 Å². The first-order valence-electron chi connectivity index (χ1n) is 7.05. The Balaban J connectivity index is 2.30. The number of fused-ring (bicyclic) bond motifs is 2. The van der Waals surface area contributed by atoms with E-state index >= 15 is 0 Å². The van der Waals surface area contributed by atoms with Gasteiger partial charge in [0.05, 0.1) is 26.2 Å². The average molecular weight is 321 g/mol.